The van der Waals surface area contributed by atoms with Gasteiger partial charge in [-0.25, -0.2) is 4.98 Å². The zero-order chi connectivity index (χ0) is 23.8. The number of nitro groups is 1. The summed E-state index contributed by atoms with van der Waals surface area (Å²) in [4.78, 5) is 48.0. The lowest BCUT2D eigenvalue weighted by molar-refractivity contribution is -0.384. The van der Waals surface area contributed by atoms with Crippen LogP contribution < -0.4 is 10.5 Å². The molecular weight excluding hydrogens is 474 g/mol. The lowest BCUT2D eigenvalue weighted by Crippen LogP contribution is -2.50. The van der Waals surface area contributed by atoms with Crippen LogP contribution in [0.3, 0.4) is 0 Å². The molecule has 1 amide bonds. The van der Waals surface area contributed by atoms with Crippen molar-refractivity contribution < 1.29 is 9.72 Å². The number of hydrogen-bond acceptors (Lipinski definition) is 8. The second-order valence-corrected chi connectivity index (χ2v) is 10.2. The number of hydrogen-bond donors (Lipinski definition) is 0. The highest BCUT2D eigenvalue weighted by Gasteiger charge is 2.26. The molecule has 0 radical (unpaired) electrons. The number of piperazine rings is 1. The van der Waals surface area contributed by atoms with E-state index in [2.05, 4.69) is 4.98 Å². The zero-order valence-corrected chi connectivity index (χ0v) is 20.0. The van der Waals surface area contributed by atoms with Crippen molar-refractivity contribution in [1.82, 2.24) is 14.5 Å². The topological polar surface area (TPSA) is 102 Å². The summed E-state index contributed by atoms with van der Waals surface area (Å²) in [7, 11) is 0. The van der Waals surface area contributed by atoms with E-state index >= 15 is 0 Å². The van der Waals surface area contributed by atoms with Crippen LogP contribution >= 0.6 is 22.7 Å². The van der Waals surface area contributed by atoms with Crippen molar-refractivity contribution >= 4 is 50.2 Å². The summed E-state index contributed by atoms with van der Waals surface area (Å²) >= 11 is 3.04. The lowest BCUT2D eigenvalue weighted by Gasteiger charge is -2.35. The van der Waals surface area contributed by atoms with Gasteiger partial charge in [0.25, 0.3) is 11.2 Å². The highest BCUT2D eigenvalue weighted by atomic mass is 32.1. The van der Waals surface area contributed by atoms with Crippen molar-refractivity contribution in [3.05, 3.63) is 73.5 Å². The van der Waals surface area contributed by atoms with Crippen molar-refractivity contribution in [2.75, 3.05) is 31.1 Å². The van der Waals surface area contributed by atoms with Gasteiger partial charge in [-0.3, -0.25) is 24.3 Å². The first-order valence-electron chi connectivity index (χ1n) is 10.7. The van der Waals surface area contributed by atoms with Crippen LogP contribution in [0.5, 0.6) is 0 Å². The van der Waals surface area contributed by atoms with Crippen molar-refractivity contribution in [3.63, 3.8) is 0 Å². The third-order valence-electron chi connectivity index (χ3n) is 5.92. The lowest BCUT2D eigenvalue weighted by atomic mass is 10.2. The van der Waals surface area contributed by atoms with E-state index in [9.17, 15) is 19.7 Å². The van der Waals surface area contributed by atoms with Crippen molar-refractivity contribution in [1.29, 1.82) is 0 Å². The number of anilines is 1. The Morgan fingerprint density at radius 3 is 2.62 bits per heavy atom. The smallest absolute Gasteiger partial charge is 0.292 e. The van der Waals surface area contributed by atoms with E-state index in [4.69, 9.17) is 0 Å². The highest BCUT2D eigenvalue weighted by molar-refractivity contribution is 7.19. The molecule has 0 N–H and O–H groups in total. The maximum Gasteiger partial charge on any atom is 0.292 e. The Balaban J connectivity index is 1.32. The monoisotopic (exact) mass is 495 g/mol. The molecule has 1 saturated heterocycles. The van der Waals surface area contributed by atoms with Gasteiger partial charge in [-0.15, -0.1) is 22.7 Å². The maximum atomic E-state index is 13.2. The number of para-hydroxylation sites is 2. The average molecular weight is 496 g/mol. The van der Waals surface area contributed by atoms with Crippen LogP contribution in [0.4, 0.5) is 11.4 Å². The van der Waals surface area contributed by atoms with Gasteiger partial charge in [-0.1, -0.05) is 12.1 Å². The van der Waals surface area contributed by atoms with E-state index in [0.29, 0.717) is 42.1 Å². The van der Waals surface area contributed by atoms with Gasteiger partial charge in [0.1, 0.15) is 17.1 Å². The van der Waals surface area contributed by atoms with Crippen LogP contribution in [0.25, 0.3) is 20.7 Å². The number of benzene rings is 1. The van der Waals surface area contributed by atoms with E-state index in [0.717, 1.165) is 15.3 Å². The summed E-state index contributed by atoms with van der Waals surface area (Å²) in [6.45, 7) is 3.74. The number of aromatic nitrogens is 2. The first-order valence-corrected chi connectivity index (χ1v) is 12.4. The Morgan fingerprint density at radius 1 is 1.15 bits per heavy atom. The Morgan fingerprint density at radius 2 is 1.91 bits per heavy atom. The minimum Gasteiger partial charge on any atom is -0.362 e. The van der Waals surface area contributed by atoms with E-state index in [1.165, 1.54) is 28.3 Å². The molecule has 3 aromatic heterocycles. The molecule has 0 saturated carbocycles. The van der Waals surface area contributed by atoms with Gasteiger partial charge in [0.05, 0.1) is 16.6 Å². The summed E-state index contributed by atoms with van der Waals surface area (Å²) in [5.41, 5.74) is 1.25. The molecule has 0 spiro atoms. The SMILES string of the molecule is Cc1ccc(-c2csc3ncn(CC(=O)N4CCN(c5ccccc5[N+](=O)[O-])CC4)c(=O)c23)s1. The Hall–Kier alpha value is -3.57. The Kier molecular flexibility index (Phi) is 5.88. The molecule has 0 unspecified atom stereocenters. The fraction of sp³-hybridized carbons (Fsp3) is 0.261. The number of nitro benzene ring substituents is 1. The van der Waals surface area contributed by atoms with Crippen molar-refractivity contribution in [3.8, 4) is 10.4 Å². The average Bonchev–Trinajstić information content (AvgIpc) is 3.47. The Bertz CT molecular complexity index is 1450. The summed E-state index contributed by atoms with van der Waals surface area (Å²) in [5, 5.41) is 13.8. The third-order valence-corrected chi connectivity index (χ3v) is 7.84. The number of carbonyl (C=O) groups excluding carboxylic acids is 1. The number of amides is 1. The van der Waals surface area contributed by atoms with Gasteiger partial charge in [0.15, 0.2) is 0 Å². The number of aryl methyl sites for hydroxylation is 1. The number of fused-ring (bicyclic) bond motifs is 1. The largest absolute Gasteiger partial charge is 0.362 e. The predicted molar refractivity (Wildman–Crippen MR) is 134 cm³/mol. The second kappa shape index (κ2) is 8.99. The molecule has 4 aromatic rings. The molecule has 9 nitrogen and oxygen atoms in total. The normalized spacial score (nSPS) is 14.0. The maximum absolute atomic E-state index is 13.2. The third kappa shape index (κ3) is 4.08. The van der Waals surface area contributed by atoms with Crippen LogP contribution in [-0.4, -0.2) is 51.5 Å². The van der Waals surface area contributed by atoms with E-state index in [1.807, 2.05) is 29.3 Å². The number of nitrogens with zero attached hydrogens (tertiary/aromatic N) is 5. The van der Waals surface area contributed by atoms with Crippen LogP contribution in [-0.2, 0) is 11.3 Å². The molecular formula is C23H21N5O4S2. The van der Waals surface area contributed by atoms with E-state index in [1.54, 1.807) is 34.4 Å². The number of rotatable bonds is 5. The molecule has 0 aliphatic carbocycles. The number of carbonyl (C=O) groups is 1. The zero-order valence-electron chi connectivity index (χ0n) is 18.3. The predicted octanol–water partition coefficient (Wildman–Crippen LogP) is 3.75. The van der Waals surface area contributed by atoms with Gasteiger partial charge in [0.2, 0.25) is 5.91 Å². The Labute approximate surface area is 202 Å². The molecule has 1 aliphatic rings. The number of thiophene rings is 2. The quantitative estimate of drug-likeness (QED) is 0.309. The summed E-state index contributed by atoms with van der Waals surface area (Å²) in [6, 6.07) is 10.6. The fourth-order valence-electron chi connectivity index (χ4n) is 4.17. The molecule has 5 rings (SSSR count). The molecule has 1 aliphatic heterocycles. The molecule has 4 heterocycles. The minimum absolute atomic E-state index is 0.0562. The van der Waals surface area contributed by atoms with E-state index in [-0.39, 0.29) is 23.7 Å². The molecule has 1 aromatic carbocycles. The van der Waals surface area contributed by atoms with Gasteiger partial charge >= 0.3 is 0 Å². The summed E-state index contributed by atoms with van der Waals surface area (Å²) in [6.07, 6.45) is 1.44. The first-order chi connectivity index (χ1) is 16.4. The van der Waals surface area contributed by atoms with Crippen LogP contribution in [0.15, 0.2) is 52.9 Å². The summed E-state index contributed by atoms with van der Waals surface area (Å²) in [5.74, 6) is -0.172. The van der Waals surface area contributed by atoms with E-state index < -0.39 is 4.92 Å². The standard InChI is InChI=1S/C23H21N5O4S2/c1-15-6-7-19(34-15)16-13-33-22-21(16)23(30)27(14-24-22)12-20(29)26-10-8-25(9-11-26)17-4-2-3-5-18(17)28(31)32/h2-7,13-14H,8-12H2,1H3. The van der Waals surface area contributed by atoms with Gasteiger partial charge in [-0.2, -0.15) is 0 Å². The minimum atomic E-state index is -0.390. The van der Waals surface area contributed by atoms with Crippen LogP contribution in [0.1, 0.15) is 4.88 Å². The molecule has 11 heteroatoms. The molecule has 0 bridgehead atoms. The highest BCUT2D eigenvalue weighted by Crippen LogP contribution is 2.35. The molecule has 34 heavy (non-hydrogen) atoms. The molecule has 174 valence electrons. The molecule has 0 atom stereocenters. The molecule has 1 fully saturated rings. The van der Waals surface area contributed by atoms with Crippen molar-refractivity contribution in [2.45, 2.75) is 13.5 Å². The van der Waals surface area contributed by atoms with Crippen molar-refractivity contribution in [2.24, 2.45) is 0 Å². The first kappa shape index (κ1) is 22.2. The van der Waals surface area contributed by atoms with Gasteiger partial charge in [0, 0.05) is 52.9 Å². The van der Waals surface area contributed by atoms with Gasteiger partial charge in [-0.05, 0) is 25.1 Å². The fourth-order valence-corrected chi connectivity index (χ4v) is 6.03. The van der Waals surface area contributed by atoms with Gasteiger partial charge < -0.3 is 9.80 Å². The second-order valence-electron chi connectivity index (χ2n) is 8.03. The summed E-state index contributed by atoms with van der Waals surface area (Å²) < 4.78 is 1.37. The van der Waals surface area contributed by atoms with Crippen LogP contribution in [0, 0.1) is 17.0 Å². The van der Waals surface area contributed by atoms with Crippen LogP contribution in [0.2, 0.25) is 0 Å².